The molecule has 0 bridgehead atoms. The van der Waals surface area contributed by atoms with Crippen LogP contribution >= 0.6 is 0 Å². The minimum absolute atomic E-state index is 0.343. The monoisotopic (exact) mass is 312 g/mol. The van der Waals surface area contributed by atoms with Crippen molar-refractivity contribution in [3.05, 3.63) is 30.6 Å². The van der Waals surface area contributed by atoms with E-state index in [1.165, 1.54) is 25.7 Å². The second-order valence-corrected chi connectivity index (χ2v) is 8.04. The number of hydrogen-bond donors (Lipinski definition) is 0. The Morgan fingerprint density at radius 1 is 0.762 bits per heavy atom. The van der Waals surface area contributed by atoms with Crippen molar-refractivity contribution in [3.8, 4) is 0 Å². The molecular formula is C17H30NO2S+. The summed E-state index contributed by atoms with van der Waals surface area (Å²) < 4.78 is 25.9. The normalized spacial score (nSPS) is 11.7. The molecule has 0 radical (unpaired) electrons. The van der Waals surface area contributed by atoms with Crippen LogP contribution in [0.25, 0.3) is 0 Å². The summed E-state index contributed by atoms with van der Waals surface area (Å²) in [5, 5.41) is 0. The highest BCUT2D eigenvalue weighted by molar-refractivity contribution is 7.91. The van der Waals surface area contributed by atoms with Gasteiger partial charge in [-0.05, 0) is 12.8 Å². The van der Waals surface area contributed by atoms with Crippen LogP contribution in [0, 0.1) is 0 Å². The van der Waals surface area contributed by atoms with Gasteiger partial charge >= 0.3 is 0 Å². The van der Waals surface area contributed by atoms with Gasteiger partial charge in [0.05, 0.1) is 11.5 Å². The van der Waals surface area contributed by atoms with E-state index >= 15 is 0 Å². The summed E-state index contributed by atoms with van der Waals surface area (Å²) in [6, 6.07) is 5.98. The van der Waals surface area contributed by atoms with Crippen LogP contribution in [0.15, 0.2) is 30.6 Å². The molecule has 0 aliphatic heterocycles. The fourth-order valence-corrected chi connectivity index (χ4v) is 3.90. The molecule has 0 unspecified atom stereocenters. The predicted octanol–water partition coefficient (Wildman–Crippen LogP) is 3.53. The highest BCUT2D eigenvalue weighted by atomic mass is 32.2. The van der Waals surface area contributed by atoms with Crippen molar-refractivity contribution >= 4 is 9.84 Å². The Balaban J connectivity index is 2.07. The maximum atomic E-state index is 11.9. The molecule has 1 rings (SSSR count). The molecule has 0 atom stereocenters. The molecule has 0 amide bonds. The lowest BCUT2D eigenvalue weighted by molar-refractivity contribution is -0.697. The first-order valence-electron chi connectivity index (χ1n) is 8.28. The first kappa shape index (κ1) is 18.1. The zero-order chi connectivity index (χ0) is 15.4. The largest absolute Gasteiger partial charge is 0.229 e. The van der Waals surface area contributed by atoms with Gasteiger partial charge in [-0.25, -0.2) is 13.0 Å². The third kappa shape index (κ3) is 9.62. The molecule has 1 heterocycles. The van der Waals surface area contributed by atoms with Gasteiger partial charge in [0.2, 0.25) is 0 Å². The van der Waals surface area contributed by atoms with Gasteiger partial charge in [-0.2, -0.15) is 0 Å². The Kier molecular flexibility index (Phi) is 9.31. The molecular weight excluding hydrogens is 282 g/mol. The molecule has 4 heteroatoms. The Bertz CT molecular complexity index is 457. The lowest BCUT2D eigenvalue weighted by atomic mass is 10.1. The molecule has 1 aromatic rings. The van der Waals surface area contributed by atoms with Crippen LogP contribution in [0.4, 0.5) is 0 Å². The number of rotatable bonds is 12. The van der Waals surface area contributed by atoms with Crippen molar-refractivity contribution in [3.63, 3.8) is 0 Å². The summed E-state index contributed by atoms with van der Waals surface area (Å²) >= 11 is 0. The van der Waals surface area contributed by atoms with Crippen LogP contribution in [0.2, 0.25) is 0 Å². The minimum Gasteiger partial charge on any atom is -0.229 e. The van der Waals surface area contributed by atoms with Crippen molar-refractivity contribution in [1.29, 1.82) is 0 Å². The maximum Gasteiger partial charge on any atom is 0.168 e. The van der Waals surface area contributed by atoms with E-state index in [9.17, 15) is 8.42 Å². The summed E-state index contributed by atoms with van der Waals surface area (Å²) in [6.45, 7) is 3.09. The maximum absolute atomic E-state index is 11.9. The third-order valence-electron chi connectivity index (χ3n) is 3.71. The molecule has 0 N–H and O–H groups in total. The van der Waals surface area contributed by atoms with Crippen molar-refractivity contribution in [2.75, 3.05) is 11.5 Å². The fourth-order valence-electron chi connectivity index (χ4n) is 2.40. The summed E-state index contributed by atoms with van der Waals surface area (Å²) in [7, 11) is -2.84. The first-order chi connectivity index (χ1) is 10.1. The summed E-state index contributed by atoms with van der Waals surface area (Å²) in [5.74, 6) is 0.715. The standard InChI is InChI=1S/C17H30NO2S/c1-2-3-4-5-6-11-16-21(19,20)17-12-10-15-18-13-8-7-9-14-18/h7-9,13-14H,2-6,10-12,15-17H2,1H3/q+1. The molecule has 0 aliphatic rings. The second-order valence-electron chi connectivity index (χ2n) is 5.74. The second kappa shape index (κ2) is 10.8. The molecule has 1 aromatic heterocycles. The minimum atomic E-state index is -2.84. The number of pyridine rings is 1. The van der Waals surface area contributed by atoms with E-state index in [4.69, 9.17) is 0 Å². The van der Waals surface area contributed by atoms with Crippen LogP contribution in [-0.4, -0.2) is 19.9 Å². The Morgan fingerprint density at radius 3 is 2.00 bits per heavy atom. The average molecular weight is 312 g/mol. The SMILES string of the molecule is CCCCCCCCS(=O)(=O)CCCC[n+]1ccccc1. The van der Waals surface area contributed by atoms with Crippen molar-refractivity contribution < 1.29 is 13.0 Å². The van der Waals surface area contributed by atoms with E-state index in [-0.39, 0.29) is 0 Å². The van der Waals surface area contributed by atoms with Crippen molar-refractivity contribution in [2.24, 2.45) is 0 Å². The van der Waals surface area contributed by atoms with Crippen LogP contribution in [0.3, 0.4) is 0 Å². The topological polar surface area (TPSA) is 38.0 Å². The lowest BCUT2D eigenvalue weighted by Gasteiger charge is -2.04. The van der Waals surface area contributed by atoms with E-state index < -0.39 is 9.84 Å². The van der Waals surface area contributed by atoms with Gasteiger partial charge in [0, 0.05) is 18.6 Å². The van der Waals surface area contributed by atoms with Crippen LogP contribution < -0.4 is 4.57 Å². The molecule has 0 aliphatic carbocycles. The Hall–Kier alpha value is -0.900. The van der Waals surface area contributed by atoms with Gasteiger partial charge in [0.25, 0.3) is 0 Å². The number of sulfone groups is 1. The smallest absolute Gasteiger partial charge is 0.168 e. The van der Waals surface area contributed by atoms with Gasteiger partial charge < -0.3 is 0 Å². The predicted molar refractivity (Wildman–Crippen MR) is 87.9 cm³/mol. The summed E-state index contributed by atoms with van der Waals surface area (Å²) in [4.78, 5) is 0. The summed E-state index contributed by atoms with van der Waals surface area (Å²) in [6.07, 6.45) is 12.5. The number of aromatic nitrogens is 1. The molecule has 120 valence electrons. The van der Waals surface area contributed by atoms with E-state index in [0.29, 0.717) is 11.5 Å². The molecule has 0 saturated heterocycles. The van der Waals surface area contributed by atoms with Gasteiger partial charge in [-0.1, -0.05) is 45.1 Å². The lowest BCUT2D eigenvalue weighted by Crippen LogP contribution is -2.32. The Labute approximate surface area is 130 Å². The number of unbranched alkanes of at least 4 members (excludes halogenated alkanes) is 6. The molecule has 21 heavy (non-hydrogen) atoms. The highest BCUT2D eigenvalue weighted by Gasteiger charge is 2.10. The fraction of sp³-hybridized carbons (Fsp3) is 0.706. The summed E-state index contributed by atoms with van der Waals surface area (Å²) in [5.41, 5.74) is 0. The molecule has 0 spiro atoms. The zero-order valence-electron chi connectivity index (χ0n) is 13.3. The van der Waals surface area contributed by atoms with E-state index in [2.05, 4.69) is 11.5 Å². The molecule has 0 fully saturated rings. The first-order valence-corrected chi connectivity index (χ1v) is 10.1. The van der Waals surface area contributed by atoms with Crippen LogP contribution in [0.5, 0.6) is 0 Å². The third-order valence-corrected chi connectivity index (χ3v) is 5.53. The van der Waals surface area contributed by atoms with Crippen molar-refractivity contribution in [1.82, 2.24) is 0 Å². The number of hydrogen-bond acceptors (Lipinski definition) is 2. The molecule has 0 aromatic carbocycles. The van der Waals surface area contributed by atoms with E-state index in [0.717, 1.165) is 32.2 Å². The number of nitrogens with zero attached hydrogens (tertiary/aromatic N) is 1. The van der Waals surface area contributed by atoms with Crippen LogP contribution in [-0.2, 0) is 16.4 Å². The van der Waals surface area contributed by atoms with E-state index in [1.807, 2.05) is 30.6 Å². The van der Waals surface area contributed by atoms with Gasteiger partial charge in [-0.3, -0.25) is 0 Å². The van der Waals surface area contributed by atoms with Gasteiger partial charge in [-0.15, -0.1) is 0 Å². The van der Waals surface area contributed by atoms with Crippen molar-refractivity contribution in [2.45, 2.75) is 64.8 Å². The van der Waals surface area contributed by atoms with Gasteiger partial charge in [0.15, 0.2) is 12.4 Å². The highest BCUT2D eigenvalue weighted by Crippen LogP contribution is 2.07. The molecule has 3 nitrogen and oxygen atoms in total. The number of aryl methyl sites for hydroxylation is 1. The zero-order valence-corrected chi connectivity index (χ0v) is 14.2. The average Bonchev–Trinajstić information content (AvgIpc) is 2.48. The van der Waals surface area contributed by atoms with Crippen LogP contribution in [0.1, 0.15) is 58.3 Å². The Morgan fingerprint density at radius 2 is 1.33 bits per heavy atom. The van der Waals surface area contributed by atoms with E-state index in [1.54, 1.807) is 0 Å². The quantitative estimate of drug-likeness (QED) is 0.437. The molecule has 0 saturated carbocycles. The van der Waals surface area contributed by atoms with Gasteiger partial charge in [0.1, 0.15) is 16.4 Å².